The van der Waals surface area contributed by atoms with Gasteiger partial charge in [0.25, 0.3) is 0 Å². The maximum atomic E-state index is 13.8. The van der Waals surface area contributed by atoms with Crippen molar-refractivity contribution in [3.63, 3.8) is 0 Å². The molecule has 2 aromatic heterocycles. The first-order chi connectivity index (χ1) is 11.7. The van der Waals surface area contributed by atoms with Gasteiger partial charge in [0.1, 0.15) is 29.7 Å². The second kappa shape index (κ2) is 5.14. The number of hydrogen-bond acceptors (Lipinski definition) is 4. The minimum atomic E-state index is -0.349. The van der Waals surface area contributed by atoms with Crippen molar-refractivity contribution in [3.8, 4) is 28.7 Å². The standard InChI is InChI=1S/C16H13BrFN5O/c17-10-5-9-13(6-11(10)18)24-4-3-23-12(7-19-16(9)23)15-20-14(21-22-15)8-1-2-8/h5-8H,1-4H2,(H,20,21,22). The number of hydrogen-bond donors (Lipinski definition) is 1. The summed E-state index contributed by atoms with van der Waals surface area (Å²) >= 11 is 3.23. The van der Waals surface area contributed by atoms with Crippen molar-refractivity contribution in [2.75, 3.05) is 6.61 Å². The predicted octanol–water partition coefficient (Wildman–Crippen LogP) is 3.51. The molecule has 1 aliphatic carbocycles. The Morgan fingerprint density at radius 1 is 1.33 bits per heavy atom. The van der Waals surface area contributed by atoms with E-state index in [0.717, 1.165) is 35.7 Å². The summed E-state index contributed by atoms with van der Waals surface area (Å²) in [5.74, 6) is 2.96. The summed E-state index contributed by atoms with van der Waals surface area (Å²) in [6, 6.07) is 3.09. The Morgan fingerprint density at radius 3 is 3.04 bits per heavy atom. The van der Waals surface area contributed by atoms with Gasteiger partial charge < -0.3 is 9.30 Å². The molecule has 1 aliphatic heterocycles. The summed E-state index contributed by atoms with van der Waals surface area (Å²) in [6.07, 6.45) is 4.09. The fourth-order valence-electron chi connectivity index (χ4n) is 2.99. The number of imidazole rings is 1. The molecule has 1 aromatic carbocycles. The van der Waals surface area contributed by atoms with E-state index in [-0.39, 0.29) is 5.82 Å². The first kappa shape index (κ1) is 14.2. The summed E-state index contributed by atoms with van der Waals surface area (Å²) in [4.78, 5) is 9.13. The van der Waals surface area contributed by atoms with E-state index in [0.29, 0.717) is 35.1 Å². The van der Waals surface area contributed by atoms with E-state index >= 15 is 0 Å². The molecule has 0 spiro atoms. The molecule has 3 aromatic rings. The Balaban J connectivity index is 1.63. The zero-order valence-electron chi connectivity index (χ0n) is 12.6. The van der Waals surface area contributed by atoms with Gasteiger partial charge in [-0.2, -0.15) is 5.10 Å². The predicted molar refractivity (Wildman–Crippen MR) is 88.2 cm³/mol. The molecule has 122 valence electrons. The number of halogens is 2. The van der Waals surface area contributed by atoms with Crippen molar-refractivity contribution < 1.29 is 9.13 Å². The summed E-state index contributed by atoms with van der Waals surface area (Å²) in [5, 5.41) is 7.32. The monoisotopic (exact) mass is 389 g/mol. The average molecular weight is 390 g/mol. The van der Waals surface area contributed by atoms with Crippen molar-refractivity contribution >= 4 is 15.9 Å². The Kier molecular flexibility index (Phi) is 3.03. The van der Waals surface area contributed by atoms with Crippen LogP contribution in [0.3, 0.4) is 0 Å². The lowest BCUT2D eigenvalue weighted by Crippen LogP contribution is -2.07. The zero-order chi connectivity index (χ0) is 16.3. The van der Waals surface area contributed by atoms with Crippen LogP contribution in [0.4, 0.5) is 4.39 Å². The normalized spacial score (nSPS) is 16.2. The first-order valence-electron chi connectivity index (χ1n) is 7.81. The van der Waals surface area contributed by atoms with Gasteiger partial charge in [-0.15, -0.1) is 0 Å². The van der Waals surface area contributed by atoms with E-state index in [1.807, 2.05) is 4.57 Å². The molecule has 24 heavy (non-hydrogen) atoms. The van der Waals surface area contributed by atoms with Gasteiger partial charge in [-0.25, -0.2) is 14.4 Å². The summed E-state index contributed by atoms with van der Waals surface area (Å²) in [7, 11) is 0. The Labute approximate surface area is 145 Å². The Hall–Kier alpha value is -2.22. The van der Waals surface area contributed by atoms with Crippen molar-refractivity contribution in [1.82, 2.24) is 24.7 Å². The number of nitrogens with zero attached hydrogens (tertiary/aromatic N) is 4. The van der Waals surface area contributed by atoms with Crippen LogP contribution in [0.2, 0.25) is 0 Å². The molecular weight excluding hydrogens is 377 g/mol. The van der Waals surface area contributed by atoms with E-state index in [1.165, 1.54) is 6.07 Å². The van der Waals surface area contributed by atoms with E-state index in [2.05, 4.69) is 36.1 Å². The highest BCUT2D eigenvalue weighted by Gasteiger charge is 2.29. The molecule has 5 rings (SSSR count). The molecule has 0 amide bonds. The SMILES string of the molecule is Fc1cc2c(cc1Br)-c1ncc(-c3nc(C4CC4)n[nH]3)n1CCO2. The molecule has 1 saturated carbocycles. The molecule has 6 nitrogen and oxygen atoms in total. The summed E-state index contributed by atoms with van der Waals surface area (Å²) in [5.41, 5.74) is 1.62. The molecule has 0 atom stereocenters. The van der Waals surface area contributed by atoms with Gasteiger partial charge in [0.2, 0.25) is 0 Å². The quantitative estimate of drug-likeness (QED) is 0.727. The van der Waals surface area contributed by atoms with Crippen LogP contribution in [-0.4, -0.2) is 31.3 Å². The van der Waals surface area contributed by atoms with Crippen LogP contribution in [0.15, 0.2) is 22.8 Å². The van der Waals surface area contributed by atoms with Gasteiger partial charge in [-0.3, -0.25) is 5.10 Å². The van der Waals surface area contributed by atoms with E-state index in [9.17, 15) is 4.39 Å². The highest BCUT2D eigenvalue weighted by atomic mass is 79.9. The van der Waals surface area contributed by atoms with Crippen LogP contribution >= 0.6 is 15.9 Å². The van der Waals surface area contributed by atoms with Crippen molar-refractivity contribution in [2.45, 2.75) is 25.3 Å². The van der Waals surface area contributed by atoms with Crippen LogP contribution in [0, 0.1) is 5.82 Å². The number of ether oxygens (including phenoxy) is 1. The third kappa shape index (κ3) is 2.16. The van der Waals surface area contributed by atoms with Crippen LogP contribution in [0.25, 0.3) is 22.9 Å². The number of rotatable bonds is 2. The number of nitrogens with one attached hydrogen (secondary N) is 1. The molecule has 8 heteroatoms. The molecule has 3 heterocycles. The number of H-pyrrole nitrogens is 1. The van der Waals surface area contributed by atoms with Crippen molar-refractivity contribution in [2.24, 2.45) is 0 Å². The Morgan fingerprint density at radius 2 is 2.21 bits per heavy atom. The van der Waals surface area contributed by atoms with Crippen molar-refractivity contribution in [1.29, 1.82) is 0 Å². The first-order valence-corrected chi connectivity index (χ1v) is 8.60. The minimum absolute atomic E-state index is 0.349. The van der Waals surface area contributed by atoms with Gasteiger partial charge in [0.05, 0.1) is 22.8 Å². The highest BCUT2D eigenvalue weighted by Crippen LogP contribution is 2.39. The number of fused-ring (bicyclic) bond motifs is 3. The number of benzene rings is 1. The molecule has 2 aliphatic rings. The van der Waals surface area contributed by atoms with Gasteiger partial charge in [-0.05, 0) is 34.8 Å². The topological polar surface area (TPSA) is 68.6 Å². The Bertz CT molecular complexity index is 946. The largest absolute Gasteiger partial charge is 0.491 e. The van der Waals surface area contributed by atoms with Gasteiger partial charge in [0, 0.05) is 12.0 Å². The molecule has 0 bridgehead atoms. The molecule has 1 N–H and O–H groups in total. The van der Waals surface area contributed by atoms with E-state index in [1.54, 1.807) is 12.3 Å². The highest BCUT2D eigenvalue weighted by molar-refractivity contribution is 9.10. The number of aromatic nitrogens is 5. The van der Waals surface area contributed by atoms with Crippen LogP contribution < -0.4 is 4.74 Å². The molecule has 1 fully saturated rings. The molecule has 0 radical (unpaired) electrons. The van der Waals surface area contributed by atoms with Gasteiger partial charge >= 0.3 is 0 Å². The fraction of sp³-hybridized carbons (Fsp3) is 0.312. The van der Waals surface area contributed by atoms with E-state index < -0.39 is 0 Å². The fourth-order valence-corrected chi connectivity index (χ4v) is 3.33. The van der Waals surface area contributed by atoms with Crippen molar-refractivity contribution in [3.05, 3.63) is 34.4 Å². The summed E-state index contributed by atoms with van der Waals surface area (Å²) in [6.45, 7) is 1.05. The lowest BCUT2D eigenvalue weighted by Gasteiger charge is -2.07. The zero-order valence-corrected chi connectivity index (χ0v) is 14.2. The van der Waals surface area contributed by atoms with Gasteiger partial charge in [0.15, 0.2) is 11.6 Å². The maximum absolute atomic E-state index is 13.8. The summed E-state index contributed by atoms with van der Waals surface area (Å²) < 4.78 is 21.9. The molecule has 0 unspecified atom stereocenters. The van der Waals surface area contributed by atoms with Crippen LogP contribution in [0.5, 0.6) is 5.75 Å². The van der Waals surface area contributed by atoms with E-state index in [4.69, 9.17) is 4.74 Å². The number of aromatic amines is 1. The second-order valence-electron chi connectivity index (χ2n) is 6.05. The lowest BCUT2D eigenvalue weighted by molar-refractivity contribution is 0.305. The minimum Gasteiger partial charge on any atom is -0.491 e. The lowest BCUT2D eigenvalue weighted by atomic mass is 10.2. The third-order valence-electron chi connectivity index (χ3n) is 4.38. The second-order valence-corrected chi connectivity index (χ2v) is 6.90. The molecular formula is C16H13BrFN5O. The third-order valence-corrected chi connectivity index (χ3v) is 4.99. The van der Waals surface area contributed by atoms with Crippen LogP contribution in [-0.2, 0) is 6.54 Å². The maximum Gasteiger partial charge on any atom is 0.174 e. The average Bonchev–Trinajstić information content (AvgIpc) is 3.20. The van der Waals surface area contributed by atoms with Gasteiger partial charge in [-0.1, -0.05) is 0 Å². The van der Waals surface area contributed by atoms with Crippen LogP contribution in [0.1, 0.15) is 24.6 Å². The molecule has 0 saturated heterocycles. The smallest absolute Gasteiger partial charge is 0.174 e.